The number of urea groups is 1. The van der Waals surface area contributed by atoms with E-state index in [4.69, 9.17) is 11.5 Å². The van der Waals surface area contributed by atoms with Gasteiger partial charge in [-0.2, -0.15) is 0 Å². The van der Waals surface area contributed by atoms with Gasteiger partial charge in [-0.1, -0.05) is 12.8 Å². The summed E-state index contributed by atoms with van der Waals surface area (Å²) in [5, 5.41) is 2.73. The van der Waals surface area contributed by atoms with Crippen LogP contribution < -0.4 is 16.8 Å². The molecule has 1 aliphatic heterocycles. The second kappa shape index (κ2) is 4.56. The Morgan fingerprint density at radius 3 is 2.78 bits per heavy atom. The summed E-state index contributed by atoms with van der Waals surface area (Å²) in [7, 11) is 0. The number of hydrogen-bond acceptors (Lipinski definition) is 4. The molecule has 2 unspecified atom stereocenters. The molecule has 4 amide bonds. The summed E-state index contributed by atoms with van der Waals surface area (Å²) in [6, 6.07) is -0.542. The number of imide groups is 1. The van der Waals surface area contributed by atoms with E-state index in [1.807, 2.05) is 0 Å². The molecule has 1 saturated heterocycles. The minimum atomic E-state index is -0.917. The Hall–Kier alpha value is -1.63. The molecule has 0 aromatic rings. The van der Waals surface area contributed by atoms with Gasteiger partial charge in [0.05, 0.1) is 0 Å². The maximum Gasteiger partial charge on any atom is 0.325 e. The molecule has 7 nitrogen and oxygen atoms in total. The Kier molecular flexibility index (Phi) is 3.25. The lowest BCUT2D eigenvalue weighted by molar-refractivity contribution is -0.136. The molecule has 7 heteroatoms. The largest absolute Gasteiger partial charge is 0.368 e. The van der Waals surface area contributed by atoms with Gasteiger partial charge in [0.1, 0.15) is 12.1 Å². The molecule has 2 atom stereocenters. The van der Waals surface area contributed by atoms with Gasteiger partial charge in [0.15, 0.2) is 0 Å². The number of nitrogens with one attached hydrogen (secondary N) is 1. The molecular weight excluding hydrogens is 236 g/mol. The second-order valence-electron chi connectivity index (χ2n) is 4.94. The molecule has 2 aliphatic rings. The standard InChI is InChI=1S/C11H18N4O3/c12-5-7-3-1-2-4-11(7)9(17)15(6-8(13)16)10(18)14-11/h7H,1-6,12H2,(H2,13,16)(H,14,18). The van der Waals surface area contributed by atoms with E-state index in [0.29, 0.717) is 13.0 Å². The molecule has 5 N–H and O–H groups in total. The van der Waals surface area contributed by atoms with Gasteiger partial charge in [-0.05, 0) is 19.4 Å². The Morgan fingerprint density at radius 2 is 2.17 bits per heavy atom. The zero-order valence-electron chi connectivity index (χ0n) is 10.1. The summed E-state index contributed by atoms with van der Waals surface area (Å²) in [4.78, 5) is 36.0. The van der Waals surface area contributed by atoms with Gasteiger partial charge < -0.3 is 16.8 Å². The van der Waals surface area contributed by atoms with E-state index in [1.54, 1.807) is 0 Å². The molecule has 0 aromatic heterocycles. The monoisotopic (exact) mass is 254 g/mol. The highest BCUT2D eigenvalue weighted by molar-refractivity contribution is 6.09. The van der Waals surface area contributed by atoms with Gasteiger partial charge in [0, 0.05) is 5.92 Å². The molecule has 100 valence electrons. The Bertz CT molecular complexity index is 398. The fraction of sp³-hybridized carbons (Fsp3) is 0.727. The van der Waals surface area contributed by atoms with E-state index in [-0.39, 0.29) is 18.4 Å². The van der Waals surface area contributed by atoms with E-state index in [1.165, 1.54) is 0 Å². The number of rotatable bonds is 3. The summed E-state index contributed by atoms with van der Waals surface area (Å²) < 4.78 is 0. The number of nitrogens with zero attached hydrogens (tertiary/aromatic N) is 1. The molecule has 1 aliphatic carbocycles. The van der Waals surface area contributed by atoms with Gasteiger partial charge in [-0.15, -0.1) is 0 Å². The fourth-order valence-electron chi connectivity index (χ4n) is 2.95. The smallest absolute Gasteiger partial charge is 0.325 e. The quantitative estimate of drug-likeness (QED) is 0.554. The molecule has 2 rings (SSSR count). The van der Waals surface area contributed by atoms with Crippen LogP contribution in [0.15, 0.2) is 0 Å². The molecule has 0 radical (unpaired) electrons. The third-order valence-electron chi connectivity index (χ3n) is 3.87. The third kappa shape index (κ3) is 1.84. The van der Waals surface area contributed by atoms with Crippen LogP contribution in [-0.4, -0.2) is 41.4 Å². The maximum absolute atomic E-state index is 12.4. The van der Waals surface area contributed by atoms with E-state index < -0.39 is 17.5 Å². The minimum Gasteiger partial charge on any atom is -0.368 e. The van der Waals surface area contributed by atoms with Crippen LogP contribution in [0.4, 0.5) is 4.79 Å². The lowest BCUT2D eigenvalue weighted by Gasteiger charge is -2.38. The number of carbonyl (C=O) groups excluding carboxylic acids is 3. The van der Waals surface area contributed by atoms with Crippen molar-refractivity contribution in [2.45, 2.75) is 31.2 Å². The highest BCUT2D eigenvalue weighted by Gasteiger charge is 2.55. The predicted octanol–water partition coefficient (Wildman–Crippen LogP) is -1.09. The zero-order valence-corrected chi connectivity index (χ0v) is 10.1. The van der Waals surface area contributed by atoms with Crippen molar-refractivity contribution in [2.24, 2.45) is 17.4 Å². The number of nitrogens with two attached hydrogens (primary N) is 2. The first-order chi connectivity index (χ1) is 8.51. The van der Waals surface area contributed by atoms with E-state index in [9.17, 15) is 14.4 Å². The van der Waals surface area contributed by atoms with Crippen LogP contribution in [0.3, 0.4) is 0 Å². The van der Waals surface area contributed by atoms with Crippen molar-refractivity contribution >= 4 is 17.8 Å². The Morgan fingerprint density at radius 1 is 1.44 bits per heavy atom. The van der Waals surface area contributed by atoms with Crippen LogP contribution >= 0.6 is 0 Å². The minimum absolute atomic E-state index is 0.0689. The molecule has 2 fully saturated rings. The lowest BCUT2D eigenvalue weighted by atomic mass is 9.72. The van der Waals surface area contributed by atoms with Gasteiger partial charge in [0.2, 0.25) is 5.91 Å². The summed E-state index contributed by atoms with van der Waals surface area (Å²) in [5.74, 6) is -1.13. The summed E-state index contributed by atoms with van der Waals surface area (Å²) in [6.07, 6.45) is 3.26. The average Bonchev–Trinajstić information content (AvgIpc) is 2.55. The van der Waals surface area contributed by atoms with Crippen molar-refractivity contribution in [3.05, 3.63) is 0 Å². The van der Waals surface area contributed by atoms with E-state index >= 15 is 0 Å². The first kappa shape index (κ1) is 12.8. The molecule has 1 saturated carbocycles. The molecule has 0 bridgehead atoms. The first-order valence-corrected chi connectivity index (χ1v) is 6.14. The SMILES string of the molecule is NCC1CCCCC12NC(=O)N(CC(N)=O)C2=O. The van der Waals surface area contributed by atoms with Crippen LogP contribution in [0.25, 0.3) is 0 Å². The van der Waals surface area contributed by atoms with Gasteiger partial charge >= 0.3 is 6.03 Å². The van der Waals surface area contributed by atoms with Gasteiger partial charge in [-0.25, -0.2) is 4.79 Å². The summed E-state index contributed by atoms with van der Waals surface area (Å²) >= 11 is 0. The summed E-state index contributed by atoms with van der Waals surface area (Å²) in [5.41, 5.74) is 9.83. The van der Waals surface area contributed by atoms with Gasteiger partial charge in [-0.3, -0.25) is 14.5 Å². The van der Waals surface area contributed by atoms with E-state index in [2.05, 4.69) is 5.32 Å². The van der Waals surface area contributed by atoms with Crippen LogP contribution in [0.5, 0.6) is 0 Å². The van der Waals surface area contributed by atoms with Crippen molar-refractivity contribution in [3.63, 3.8) is 0 Å². The maximum atomic E-state index is 12.4. The molecule has 1 spiro atoms. The highest BCUT2D eigenvalue weighted by Crippen LogP contribution is 2.37. The number of carbonyl (C=O) groups is 3. The van der Waals surface area contributed by atoms with Crippen molar-refractivity contribution in [2.75, 3.05) is 13.1 Å². The first-order valence-electron chi connectivity index (χ1n) is 6.14. The topological polar surface area (TPSA) is 119 Å². The fourth-order valence-corrected chi connectivity index (χ4v) is 2.95. The van der Waals surface area contributed by atoms with Crippen molar-refractivity contribution < 1.29 is 14.4 Å². The van der Waals surface area contributed by atoms with Crippen molar-refractivity contribution in [3.8, 4) is 0 Å². The predicted molar refractivity (Wildman–Crippen MR) is 63.2 cm³/mol. The summed E-state index contributed by atoms with van der Waals surface area (Å²) in [6.45, 7) is -0.0276. The molecule has 0 aromatic carbocycles. The molecular formula is C11H18N4O3. The van der Waals surface area contributed by atoms with Crippen LogP contribution in [-0.2, 0) is 9.59 Å². The Labute approximate surface area is 105 Å². The number of primary amides is 1. The van der Waals surface area contributed by atoms with Crippen LogP contribution in [0.1, 0.15) is 25.7 Å². The second-order valence-corrected chi connectivity index (χ2v) is 4.94. The normalized spacial score (nSPS) is 31.8. The van der Waals surface area contributed by atoms with Crippen molar-refractivity contribution in [1.29, 1.82) is 0 Å². The third-order valence-corrected chi connectivity index (χ3v) is 3.87. The highest BCUT2D eigenvalue weighted by atomic mass is 16.2. The van der Waals surface area contributed by atoms with Crippen LogP contribution in [0.2, 0.25) is 0 Å². The van der Waals surface area contributed by atoms with Gasteiger partial charge in [0.25, 0.3) is 5.91 Å². The Balaban J connectivity index is 2.26. The molecule has 18 heavy (non-hydrogen) atoms. The average molecular weight is 254 g/mol. The van der Waals surface area contributed by atoms with Crippen molar-refractivity contribution in [1.82, 2.24) is 10.2 Å². The van der Waals surface area contributed by atoms with Crippen LogP contribution in [0, 0.1) is 5.92 Å². The number of amides is 4. The molecule has 1 heterocycles. The number of hydrogen-bond donors (Lipinski definition) is 3. The van der Waals surface area contributed by atoms with E-state index in [0.717, 1.165) is 24.2 Å². The zero-order chi connectivity index (χ0) is 13.3. The lowest BCUT2D eigenvalue weighted by Crippen LogP contribution is -2.57.